The van der Waals surface area contributed by atoms with Gasteiger partial charge in [-0.05, 0) is 26.9 Å². The van der Waals surface area contributed by atoms with Crippen LogP contribution in [0.3, 0.4) is 0 Å². The summed E-state index contributed by atoms with van der Waals surface area (Å²) in [5, 5.41) is 0. The van der Waals surface area contributed by atoms with Gasteiger partial charge in [0.2, 0.25) is 0 Å². The first-order chi connectivity index (χ1) is 6.61. The second-order valence-corrected chi connectivity index (χ2v) is 3.56. The molecule has 0 saturated heterocycles. The van der Waals surface area contributed by atoms with E-state index in [2.05, 4.69) is 13.5 Å². The molecule has 0 fully saturated rings. The van der Waals surface area contributed by atoms with Crippen LogP contribution in [0.4, 0.5) is 0 Å². The van der Waals surface area contributed by atoms with Crippen LogP contribution < -0.4 is 0 Å². The van der Waals surface area contributed by atoms with Gasteiger partial charge in [0.15, 0.2) is 6.23 Å². The summed E-state index contributed by atoms with van der Waals surface area (Å²) in [5.74, 6) is -0.347. The van der Waals surface area contributed by atoms with Crippen molar-refractivity contribution >= 4 is 5.97 Å². The fourth-order valence-corrected chi connectivity index (χ4v) is 1.17. The molecule has 0 heterocycles. The standard InChI is InChI=1S/C11H21NO2/c1-5-7-8-9-10(12(3)4)14-11(13)6-2/h6,10H,2,5,7-9H2,1,3-4H3. The number of hydrogen-bond donors (Lipinski definition) is 0. The number of rotatable bonds is 7. The number of nitrogens with zero attached hydrogens (tertiary/aromatic N) is 1. The third-order valence-corrected chi connectivity index (χ3v) is 2.05. The highest BCUT2D eigenvalue weighted by Crippen LogP contribution is 2.09. The summed E-state index contributed by atoms with van der Waals surface area (Å²) in [6.07, 6.45) is 5.42. The zero-order valence-electron chi connectivity index (χ0n) is 9.45. The Balaban J connectivity index is 3.89. The van der Waals surface area contributed by atoms with E-state index in [1.807, 2.05) is 19.0 Å². The van der Waals surface area contributed by atoms with Gasteiger partial charge in [0.25, 0.3) is 0 Å². The molecule has 0 amide bonds. The number of unbranched alkanes of at least 4 members (excludes halogenated alkanes) is 2. The van der Waals surface area contributed by atoms with Crippen LogP contribution in [0, 0.1) is 0 Å². The quantitative estimate of drug-likeness (QED) is 0.272. The fraction of sp³-hybridized carbons (Fsp3) is 0.727. The smallest absolute Gasteiger partial charge is 0.331 e. The Kier molecular flexibility index (Phi) is 7.11. The molecule has 0 aromatic carbocycles. The summed E-state index contributed by atoms with van der Waals surface area (Å²) in [6, 6.07) is 0. The van der Waals surface area contributed by atoms with Crippen molar-refractivity contribution in [2.24, 2.45) is 0 Å². The monoisotopic (exact) mass is 199 g/mol. The second-order valence-electron chi connectivity index (χ2n) is 3.56. The van der Waals surface area contributed by atoms with Crippen molar-refractivity contribution in [3.8, 4) is 0 Å². The van der Waals surface area contributed by atoms with Gasteiger partial charge < -0.3 is 4.74 Å². The maximum absolute atomic E-state index is 11.0. The minimum Gasteiger partial charge on any atom is -0.443 e. The van der Waals surface area contributed by atoms with Crippen LogP contribution >= 0.6 is 0 Å². The van der Waals surface area contributed by atoms with Gasteiger partial charge >= 0.3 is 5.97 Å². The van der Waals surface area contributed by atoms with E-state index in [1.54, 1.807) is 0 Å². The molecule has 0 rings (SSSR count). The predicted octanol–water partition coefficient (Wildman–Crippen LogP) is 2.18. The molecule has 1 unspecified atom stereocenters. The van der Waals surface area contributed by atoms with Gasteiger partial charge in [-0.1, -0.05) is 26.3 Å². The van der Waals surface area contributed by atoms with Gasteiger partial charge in [-0.25, -0.2) is 4.79 Å². The van der Waals surface area contributed by atoms with E-state index in [-0.39, 0.29) is 12.2 Å². The molecule has 1 atom stereocenters. The highest BCUT2D eigenvalue weighted by molar-refractivity contribution is 5.81. The van der Waals surface area contributed by atoms with Crippen molar-refractivity contribution in [1.82, 2.24) is 4.90 Å². The van der Waals surface area contributed by atoms with Crippen LogP contribution in [-0.2, 0) is 9.53 Å². The number of hydrogen-bond acceptors (Lipinski definition) is 3. The minimum atomic E-state index is -0.347. The van der Waals surface area contributed by atoms with Crippen molar-refractivity contribution in [2.45, 2.75) is 38.8 Å². The van der Waals surface area contributed by atoms with Crippen LogP contribution in [0.15, 0.2) is 12.7 Å². The normalized spacial score (nSPS) is 12.6. The lowest BCUT2D eigenvalue weighted by molar-refractivity contribution is -0.151. The Morgan fingerprint density at radius 2 is 2.14 bits per heavy atom. The van der Waals surface area contributed by atoms with Crippen LogP contribution in [0.1, 0.15) is 32.6 Å². The Labute approximate surface area is 86.7 Å². The molecule has 82 valence electrons. The fourth-order valence-electron chi connectivity index (χ4n) is 1.17. The first-order valence-corrected chi connectivity index (χ1v) is 5.11. The second kappa shape index (κ2) is 7.56. The van der Waals surface area contributed by atoms with Gasteiger partial charge in [-0.15, -0.1) is 0 Å². The maximum atomic E-state index is 11.0. The lowest BCUT2D eigenvalue weighted by Crippen LogP contribution is -2.32. The van der Waals surface area contributed by atoms with E-state index in [0.717, 1.165) is 12.8 Å². The Morgan fingerprint density at radius 1 is 1.50 bits per heavy atom. The van der Waals surface area contributed by atoms with E-state index >= 15 is 0 Å². The highest BCUT2D eigenvalue weighted by atomic mass is 16.6. The van der Waals surface area contributed by atoms with Crippen LogP contribution in [0.5, 0.6) is 0 Å². The van der Waals surface area contributed by atoms with Crippen LogP contribution in [0.25, 0.3) is 0 Å². The largest absolute Gasteiger partial charge is 0.443 e. The van der Waals surface area contributed by atoms with Crippen molar-refractivity contribution in [1.29, 1.82) is 0 Å². The van der Waals surface area contributed by atoms with Crippen LogP contribution in [0.2, 0.25) is 0 Å². The van der Waals surface area contributed by atoms with E-state index in [0.29, 0.717) is 0 Å². The molecule has 3 heteroatoms. The average molecular weight is 199 g/mol. The zero-order chi connectivity index (χ0) is 11.0. The number of carbonyl (C=O) groups excluding carboxylic acids is 1. The Bertz CT molecular complexity index is 178. The Hall–Kier alpha value is -0.830. The van der Waals surface area contributed by atoms with E-state index in [9.17, 15) is 4.79 Å². The van der Waals surface area contributed by atoms with E-state index in [1.165, 1.54) is 18.9 Å². The summed E-state index contributed by atoms with van der Waals surface area (Å²) in [4.78, 5) is 12.9. The van der Waals surface area contributed by atoms with Crippen molar-refractivity contribution in [3.05, 3.63) is 12.7 Å². The molecular weight excluding hydrogens is 178 g/mol. The molecule has 0 saturated carbocycles. The average Bonchev–Trinajstić information content (AvgIpc) is 2.16. The topological polar surface area (TPSA) is 29.5 Å². The summed E-state index contributed by atoms with van der Waals surface area (Å²) in [7, 11) is 3.82. The first kappa shape index (κ1) is 13.2. The van der Waals surface area contributed by atoms with E-state index < -0.39 is 0 Å². The number of esters is 1. The zero-order valence-corrected chi connectivity index (χ0v) is 9.45. The molecule has 3 nitrogen and oxygen atoms in total. The molecule has 0 aliphatic rings. The molecule has 0 bridgehead atoms. The first-order valence-electron chi connectivity index (χ1n) is 5.11. The van der Waals surface area contributed by atoms with Crippen molar-refractivity contribution < 1.29 is 9.53 Å². The summed E-state index contributed by atoms with van der Waals surface area (Å²) >= 11 is 0. The Morgan fingerprint density at radius 3 is 2.57 bits per heavy atom. The van der Waals surface area contributed by atoms with Crippen molar-refractivity contribution in [3.63, 3.8) is 0 Å². The summed E-state index contributed by atoms with van der Waals surface area (Å²) in [5.41, 5.74) is 0. The molecule has 14 heavy (non-hydrogen) atoms. The molecule has 0 radical (unpaired) electrons. The lowest BCUT2D eigenvalue weighted by Gasteiger charge is -2.23. The SMILES string of the molecule is C=CC(=O)OC(CCCCC)N(C)C. The molecule has 0 aromatic rings. The molecular formula is C11H21NO2. The maximum Gasteiger partial charge on any atom is 0.331 e. The molecule has 0 N–H and O–H groups in total. The number of carbonyl (C=O) groups is 1. The lowest BCUT2D eigenvalue weighted by atomic mass is 10.2. The highest BCUT2D eigenvalue weighted by Gasteiger charge is 2.13. The third kappa shape index (κ3) is 5.75. The summed E-state index contributed by atoms with van der Waals surface area (Å²) in [6.45, 7) is 5.53. The van der Waals surface area contributed by atoms with Gasteiger partial charge in [0.1, 0.15) is 0 Å². The summed E-state index contributed by atoms with van der Waals surface area (Å²) < 4.78 is 5.18. The third-order valence-electron chi connectivity index (χ3n) is 2.05. The van der Waals surface area contributed by atoms with Gasteiger partial charge in [0, 0.05) is 6.08 Å². The van der Waals surface area contributed by atoms with Gasteiger partial charge in [-0.3, -0.25) is 4.90 Å². The van der Waals surface area contributed by atoms with Crippen LogP contribution in [-0.4, -0.2) is 31.2 Å². The van der Waals surface area contributed by atoms with E-state index in [4.69, 9.17) is 4.74 Å². The van der Waals surface area contributed by atoms with Gasteiger partial charge in [0.05, 0.1) is 0 Å². The molecule has 0 aromatic heterocycles. The van der Waals surface area contributed by atoms with Gasteiger partial charge in [-0.2, -0.15) is 0 Å². The van der Waals surface area contributed by atoms with Crippen molar-refractivity contribution in [2.75, 3.05) is 14.1 Å². The number of ether oxygens (including phenoxy) is 1. The molecule has 0 spiro atoms. The predicted molar refractivity (Wildman–Crippen MR) is 57.9 cm³/mol. The molecule has 0 aliphatic heterocycles. The minimum absolute atomic E-state index is 0.118. The molecule has 0 aliphatic carbocycles.